The van der Waals surface area contributed by atoms with Gasteiger partial charge in [0.15, 0.2) is 0 Å². The minimum Gasteiger partial charge on any atom is -0.460 e. The molecule has 0 amide bonds. The minimum atomic E-state index is -0.107. The lowest BCUT2D eigenvalue weighted by atomic mass is 10.0. The Morgan fingerprint density at radius 3 is 2.25 bits per heavy atom. The molecule has 0 bridgehead atoms. The maximum Gasteiger partial charge on any atom is 0.323 e. The zero-order valence-electron chi connectivity index (χ0n) is 13.6. The summed E-state index contributed by atoms with van der Waals surface area (Å²) in [5.41, 5.74) is 0. The summed E-state index contributed by atoms with van der Waals surface area (Å²) in [7, 11) is 0. The average Bonchev–Trinajstić information content (AvgIpc) is 2.41. The highest BCUT2D eigenvalue weighted by molar-refractivity contribution is 5.77. The first-order valence-corrected chi connectivity index (χ1v) is 8.59. The van der Waals surface area contributed by atoms with Gasteiger partial charge >= 0.3 is 5.97 Å². The van der Waals surface area contributed by atoms with Crippen LogP contribution in [0, 0.1) is 5.92 Å². The first-order valence-electron chi connectivity index (χ1n) is 8.59. The fourth-order valence-electron chi connectivity index (χ4n) is 2.80. The maximum absolute atomic E-state index is 11.8. The van der Waals surface area contributed by atoms with Gasteiger partial charge in [0.1, 0.15) is 12.1 Å². The number of hydrogen-bond donors (Lipinski definition) is 1. The van der Waals surface area contributed by atoms with Gasteiger partial charge in [0.25, 0.3) is 0 Å². The molecule has 0 aromatic rings. The smallest absolute Gasteiger partial charge is 0.323 e. The van der Waals surface area contributed by atoms with Crippen LogP contribution in [0.25, 0.3) is 0 Å². The molecule has 3 heteroatoms. The molecule has 1 fully saturated rings. The van der Waals surface area contributed by atoms with E-state index in [4.69, 9.17) is 4.74 Å². The number of rotatable bonds is 10. The molecular weight excluding hydrogens is 250 g/mol. The second-order valence-electron chi connectivity index (χ2n) is 6.45. The van der Waals surface area contributed by atoms with Gasteiger partial charge in [-0.05, 0) is 18.8 Å². The molecule has 2 atom stereocenters. The number of morpholine rings is 1. The Morgan fingerprint density at radius 1 is 1.10 bits per heavy atom. The van der Waals surface area contributed by atoms with Crippen LogP contribution in [-0.2, 0) is 9.53 Å². The maximum atomic E-state index is 11.8. The minimum absolute atomic E-state index is 0.0594. The third kappa shape index (κ3) is 6.74. The molecule has 0 radical (unpaired) electrons. The van der Waals surface area contributed by atoms with Crippen LogP contribution in [0.5, 0.6) is 0 Å². The van der Waals surface area contributed by atoms with Crippen LogP contribution in [0.1, 0.15) is 78.6 Å². The van der Waals surface area contributed by atoms with E-state index in [0.29, 0.717) is 5.92 Å². The van der Waals surface area contributed by atoms with Crippen molar-refractivity contribution in [3.05, 3.63) is 0 Å². The molecule has 0 spiro atoms. The predicted molar refractivity (Wildman–Crippen MR) is 83.7 cm³/mol. The third-order valence-electron chi connectivity index (χ3n) is 4.15. The van der Waals surface area contributed by atoms with Crippen molar-refractivity contribution in [2.24, 2.45) is 5.92 Å². The molecule has 20 heavy (non-hydrogen) atoms. The van der Waals surface area contributed by atoms with Crippen molar-refractivity contribution >= 4 is 5.97 Å². The number of unbranched alkanes of at least 4 members (excludes halogenated alkanes) is 7. The van der Waals surface area contributed by atoms with Gasteiger partial charge in [-0.3, -0.25) is 4.79 Å². The molecule has 1 aliphatic rings. The highest BCUT2D eigenvalue weighted by Gasteiger charge is 2.31. The quantitative estimate of drug-likeness (QED) is 0.485. The van der Waals surface area contributed by atoms with Gasteiger partial charge in [0.2, 0.25) is 0 Å². The second kappa shape index (κ2) is 10.2. The van der Waals surface area contributed by atoms with E-state index in [1.165, 1.54) is 51.4 Å². The van der Waals surface area contributed by atoms with Gasteiger partial charge in [-0.2, -0.15) is 0 Å². The van der Waals surface area contributed by atoms with E-state index in [1.54, 1.807) is 0 Å². The summed E-state index contributed by atoms with van der Waals surface area (Å²) in [5, 5.41) is 3.32. The Bertz CT molecular complexity index is 266. The van der Waals surface area contributed by atoms with Crippen LogP contribution in [0.4, 0.5) is 0 Å². The number of ether oxygens (including phenoxy) is 1. The SMILES string of the molecule is CCCCCCCCCCC1CNC(C(C)C)C(=O)O1. The van der Waals surface area contributed by atoms with Gasteiger partial charge in [-0.15, -0.1) is 0 Å². The van der Waals surface area contributed by atoms with E-state index in [2.05, 4.69) is 26.1 Å². The van der Waals surface area contributed by atoms with Crippen LogP contribution in [-0.4, -0.2) is 24.7 Å². The normalized spacial score (nSPS) is 23.1. The molecule has 1 rings (SSSR count). The monoisotopic (exact) mass is 283 g/mol. The van der Waals surface area contributed by atoms with E-state index in [9.17, 15) is 4.79 Å². The highest BCUT2D eigenvalue weighted by atomic mass is 16.5. The van der Waals surface area contributed by atoms with Gasteiger partial charge in [0, 0.05) is 6.54 Å². The Hall–Kier alpha value is -0.570. The molecule has 0 saturated carbocycles. The standard InChI is InChI=1S/C17H33NO2/c1-4-5-6-7-8-9-10-11-12-15-13-18-16(14(2)3)17(19)20-15/h14-16,18H,4-13H2,1-3H3. The summed E-state index contributed by atoms with van der Waals surface area (Å²) in [4.78, 5) is 11.8. The average molecular weight is 283 g/mol. The van der Waals surface area contributed by atoms with E-state index in [1.807, 2.05) is 0 Å². The number of hydrogen-bond acceptors (Lipinski definition) is 3. The summed E-state index contributed by atoms with van der Waals surface area (Å²) < 4.78 is 5.52. The number of carbonyl (C=O) groups is 1. The predicted octanol–water partition coefficient (Wildman–Crippen LogP) is 4.06. The Kier molecular flexibility index (Phi) is 8.92. The molecule has 0 aliphatic carbocycles. The van der Waals surface area contributed by atoms with Crippen LogP contribution < -0.4 is 5.32 Å². The summed E-state index contributed by atoms with van der Waals surface area (Å²) in [5.74, 6) is 0.252. The Balaban J connectivity index is 1.99. The molecule has 2 unspecified atom stereocenters. The lowest BCUT2D eigenvalue weighted by Gasteiger charge is -2.31. The molecule has 3 nitrogen and oxygen atoms in total. The Labute approximate surface area is 124 Å². The molecule has 0 aromatic heterocycles. The van der Waals surface area contributed by atoms with E-state index in [0.717, 1.165) is 13.0 Å². The van der Waals surface area contributed by atoms with Crippen molar-refractivity contribution in [3.63, 3.8) is 0 Å². The third-order valence-corrected chi connectivity index (χ3v) is 4.15. The molecular formula is C17H33NO2. The largest absolute Gasteiger partial charge is 0.460 e. The number of cyclic esters (lactones) is 1. The number of nitrogens with one attached hydrogen (secondary N) is 1. The molecule has 1 heterocycles. The topological polar surface area (TPSA) is 38.3 Å². The van der Waals surface area contributed by atoms with E-state index in [-0.39, 0.29) is 18.1 Å². The van der Waals surface area contributed by atoms with E-state index < -0.39 is 0 Å². The number of esters is 1. The fourth-order valence-corrected chi connectivity index (χ4v) is 2.80. The van der Waals surface area contributed by atoms with Crippen molar-refractivity contribution in [2.45, 2.75) is 90.7 Å². The van der Waals surface area contributed by atoms with Crippen molar-refractivity contribution in [1.29, 1.82) is 0 Å². The summed E-state index contributed by atoms with van der Waals surface area (Å²) in [6.45, 7) is 7.18. The highest BCUT2D eigenvalue weighted by Crippen LogP contribution is 2.16. The summed E-state index contributed by atoms with van der Waals surface area (Å²) in [6.07, 6.45) is 11.7. The molecule has 1 aliphatic heterocycles. The van der Waals surface area contributed by atoms with Gasteiger partial charge < -0.3 is 10.1 Å². The zero-order chi connectivity index (χ0) is 14.8. The summed E-state index contributed by atoms with van der Waals surface area (Å²) in [6, 6.07) is -0.107. The summed E-state index contributed by atoms with van der Waals surface area (Å²) >= 11 is 0. The van der Waals surface area contributed by atoms with E-state index >= 15 is 0 Å². The fraction of sp³-hybridized carbons (Fsp3) is 0.941. The van der Waals surface area contributed by atoms with Gasteiger partial charge in [-0.1, -0.05) is 65.7 Å². The first kappa shape index (κ1) is 17.5. The van der Waals surface area contributed by atoms with Crippen LogP contribution >= 0.6 is 0 Å². The van der Waals surface area contributed by atoms with Crippen molar-refractivity contribution in [3.8, 4) is 0 Å². The molecule has 0 aromatic carbocycles. The van der Waals surface area contributed by atoms with Crippen LogP contribution in [0.3, 0.4) is 0 Å². The second-order valence-corrected chi connectivity index (χ2v) is 6.45. The molecule has 1 saturated heterocycles. The first-order chi connectivity index (χ1) is 9.65. The Morgan fingerprint density at radius 2 is 1.70 bits per heavy atom. The van der Waals surface area contributed by atoms with Gasteiger partial charge in [0.05, 0.1) is 0 Å². The number of carbonyl (C=O) groups excluding carboxylic acids is 1. The van der Waals surface area contributed by atoms with Crippen molar-refractivity contribution < 1.29 is 9.53 Å². The molecule has 118 valence electrons. The molecule has 1 N–H and O–H groups in total. The lowest BCUT2D eigenvalue weighted by molar-refractivity contribution is -0.158. The van der Waals surface area contributed by atoms with Crippen molar-refractivity contribution in [2.75, 3.05) is 6.54 Å². The van der Waals surface area contributed by atoms with Crippen molar-refractivity contribution in [1.82, 2.24) is 5.32 Å². The van der Waals surface area contributed by atoms with Gasteiger partial charge in [-0.25, -0.2) is 0 Å². The van der Waals surface area contributed by atoms with Crippen LogP contribution in [0.15, 0.2) is 0 Å². The van der Waals surface area contributed by atoms with Crippen LogP contribution in [0.2, 0.25) is 0 Å². The lowest BCUT2D eigenvalue weighted by Crippen LogP contribution is -2.52. The zero-order valence-corrected chi connectivity index (χ0v) is 13.6.